The van der Waals surface area contributed by atoms with Gasteiger partial charge < -0.3 is 9.47 Å². The van der Waals surface area contributed by atoms with Crippen molar-refractivity contribution >= 4 is 23.2 Å². The number of benzene rings is 2. The van der Waals surface area contributed by atoms with Crippen LogP contribution in [-0.4, -0.2) is 14.2 Å². The lowest BCUT2D eigenvalue weighted by molar-refractivity contribution is 0.392. The largest absolute Gasteiger partial charge is 0.495 e. The van der Waals surface area contributed by atoms with E-state index in [0.29, 0.717) is 16.5 Å². The van der Waals surface area contributed by atoms with Gasteiger partial charge in [0.05, 0.1) is 19.6 Å². The number of hydrogen-bond donors (Lipinski definition) is 0. The number of ether oxygens (including phenoxy) is 2. The summed E-state index contributed by atoms with van der Waals surface area (Å²) in [6.45, 7) is 2.03. The topological polar surface area (TPSA) is 18.5 Å². The Kier molecular flexibility index (Phi) is 4.79. The molecule has 0 fully saturated rings. The molecule has 0 aliphatic carbocycles. The number of alkyl halides is 1. The molecule has 2 nitrogen and oxygen atoms in total. The minimum absolute atomic E-state index is 0.324. The average molecular weight is 311 g/mol. The van der Waals surface area contributed by atoms with Gasteiger partial charge in [0.15, 0.2) is 0 Å². The van der Waals surface area contributed by atoms with E-state index in [9.17, 15) is 0 Å². The molecular formula is C16H16Cl2O2. The van der Waals surface area contributed by atoms with E-state index in [1.807, 2.05) is 37.3 Å². The van der Waals surface area contributed by atoms with Crippen molar-refractivity contribution in [3.63, 3.8) is 0 Å². The normalized spacial score (nSPS) is 12.1. The Labute approximate surface area is 129 Å². The molecule has 0 spiro atoms. The van der Waals surface area contributed by atoms with E-state index < -0.39 is 0 Å². The molecule has 0 saturated heterocycles. The lowest BCUT2D eigenvalue weighted by Gasteiger charge is -2.18. The van der Waals surface area contributed by atoms with Crippen molar-refractivity contribution in [2.24, 2.45) is 0 Å². The van der Waals surface area contributed by atoms with Crippen molar-refractivity contribution in [2.45, 2.75) is 12.3 Å². The molecule has 0 aliphatic heterocycles. The molecule has 0 aromatic heterocycles. The van der Waals surface area contributed by atoms with E-state index in [1.54, 1.807) is 20.3 Å². The summed E-state index contributed by atoms with van der Waals surface area (Å²) in [6, 6.07) is 11.7. The number of hydrogen-bond acceptors (Lipinski definition) is 2. The van der Waals surface area contributed by atoms with Crippen molar-refractivity contribution < 1.29 is 9.47 Å². The summed E-state index contributed by atoms with van der Waals surface area (Å²) in [5.74, 6) is 1.12. The summed E-state index contributed by atoms with van der Waals surface area (Å²) in [6.07, 6.45) is 0. The lowest BCUT2D eigenvalue weighted by Crippen LogP contribution is -2.01. The molecule has 0 heterocycles. The van der Waals surface area contributed by atoms with Crippen LogP contribution in [0.1, 0.15) is 22.1 Å². The van der Waals surface area contributed by atoms with Crippen LogP contribution < -0.4 is 9.47 Å². The monoisotopic (exact) mass is 310 g/mol. The molecular weight excluding hydrogens is 295 g/mol. The summed E-state index contributed by atoms with van der Waals surface area (Å²) < 4.78 is 10.6. The Hall–Kier alpha value is -1.38. The smallest absolute Gasteiger partial charge is 0.146 e. The predicted octanol–water partition coefficient (Wildman–Crippen LogP) is 4.99. The highest BCUT2D eigenvalue weighted by Gasteiger charge is 2.21. The first-order valence-electron chi connectivity index (χ1n) is 6.20. The maximum atomic E-state index is 6.61. The third-order valence-corrected chi connectivity index (χ3v) is 4.08. The molecule has 106 valence electrons. The Morgan fingerprint density at radius 2 is 1.65 bits per heavy atom. The summed E-state index contributed by atoms with van der Waals surface area (Å²) in [7, 11) is 3.14. The van der Waals surface area contributed by atoms with E-state index in [-0.39, 0.29) is 5.38 Å². The molecule has 0 radical (unpaired) electrons. The van der Waals surface area contributed by atoms with Crippen molar-refractivity contribution in [3.05, 3.63) is 58.1 Å². The van der Waals surface area contributed by atoms with Crippen LogP contribution >= 0.6 is 23.2 Å². The zero-order valence-electron chi connectivity index (χ0n) is 11.6. The lowest BCUT2D eigenvalue weighted by atomic mass is 9.99. The second kappa shape index (κ2) is 6.38. The van der Waals surface area contributed by atoms with Gasteiger partial charge in [0.1, 0.15) is 16.5 Å². The van der Waals surface area contributed by atoms with Gasteiger partial charge in [0, 0.05) is 5.56 Å². The fraction of sp³-hybridized carbons (Fsp3) is 0.250. The van der Waals surface area contributed by atoms with Crippen LogP contribution in [-0.2, 0) is 0 Å². The molecule has 2 aromatic rings. The second-order valence-corrected chi connectivity index (χ2v) is 5.24. The number of aryl methyl sites for hydroxylation is 1. The second-order valence-electron chi connectivity index (χ2n) is 4.42. The van der Waals surface area contributed by atoms with Gasteiger partial charge in [0.25, 0.3) is 0 Å². The molecule has 2 rings (SSSR count). The molecule has 4 heteroatoms. The quantitative estimate of drug-likeness (QED) is 0.740. The first-order valence-corrected chi connectivity index (χ1v) is 7.01. The van der Waals surface area contributed by atoms with Crippen LogP contribution in [0.4, 0.5) is 0 Å². The Bertz CT molecular complexity index is 611. The maximum Gasteiger partial charge on any atom is 0.146 e. The van der Waals surface area contributed by atoms with Crippen LogP contribution in [0.3, 0.4) is 0 Å². The standard InChI is InChI=1S/C16H16Cl2O2/c1-10-6-4-5-7-11(10)14(17)12-8-9-13(19-2)15(18)16(12)20-3/h4-9,14H,1-3H3. The molecule has 0 amide bonds. The zero-order valence-corrected chi connectivity index (χ0v) is 13.1. The van der Waals surface area contributed by atoms with E-state index >= 15 is 0 Å². The Balaban J connectivity index is 2.53. The van der Waals surface area contributed by atoms with Gasteiger partial charge in [-0.15, -0.1) is 11.6 Å². The van der Waals surface area contributed by atoms with E-state index in [2.05, 4.69) is 0 Å². The fourth-order valence-electron chi connectivity index (χ4n) is 2.16. The third-order valence-electron chi connectivity index (χ3n) is 3.25. The number of halogens is 2. The zero-order chi connectivity index (χ0) is 14.7. The van der Waals surface area contributed by atoms with E-state index in [0.717, 1.165) is 16.7 Å². The van der Waals surface area contributed by atoms with Crippen molar-refractivity contribution in [2.75, 3.05) is 14.2 Å². The minimum Gasteiger partial charge on any atom is -0.495 e. The van der Waals surface area contributed by atoms with Crippen molar-refractivity contribution in [3.8, 4) is 11.5 Å². The first kappa shape index (κ1) is 15.0. The predicted molar refractivity (Wildman–Crippen MR) is 83.4 cm³/mol. The van der Waals surface area contributed by atoms with Crippen molar-refractivity contribution in [1.82, 2.24) is 0 Å². The molecule has 0 N–H and O–H groups in total. The highest BCUT2D eigenvalue weighted by molar-refractivity contribution is 6.34. The average Bonchev–Trinajstić information content (AvgIpc) is 2.46. The molecule has 20 heavy (non-hydrogen) atoms. The van der Waals surface area contributed by atoms with Crippen LogP contribution in [0.15, 0.2) is 36.4 Å². The highest BCUT2D eigenvalue weighted by atomic mass is 35.5. The number of methoxy groups -OCH3 is 2. The first-order chi connectivity index (χ1) is 9.60. The molecule has 2 aromatic carbocycles. The van der Waals surface area contributed by atoms with Gasteiger partial charge in [-0.25, -0.2) is 0 Å². The van der Waals surface area contributed by atoms with Gasteiger partial charge in [0.2, 0.25) is 0 Å². The minimum atomic E-state index is -0.324. The van der Waals surface area contributed by atoms with E-state index in [1.165, 1.54) is 0 Å². The van der Waals surface area contributed by atoms with Gasteiger partial charge >= 0.3 is 0 Å². The van der Waals surface area contributed by atoms with Crippen LogP contribution in [0.2, 0.25) is 5.02 Å². The highest BCUT2D eigenvalue weighted by Crippen LogP contribution is 2.43. The third kappa shape index (κ3) is 2.72. The maximum absolute atomic E-state index is 6.61. The number of rotatable bonds is 4. The van der Waals surface area contributed by atoms with Crippen LogP contribution in [0, 0.1) is 6.92 Å². The molecule has 1 unspecified atom stereocenters. The van der Waals surface area contributed by atoms with Gasteiger partial charge in [-0.05, 0) is 30.2 Å². The van der Waals surface area contributed by atoms with Crippen LogP contribution in [0.25, 0.3) is 0 Å². The molecule has 0 aliphatic rings. The van der Waals surface area contributed by atoms with Crippen molar-refractivity contribution in [1.29, 1.82) is 0 Å². The van der Waals surface area contributed by atoms with Gasteiger partial charge in [-0.2, -0.15) is 0 Å². The summed E-state index contributed by atoms with van der Waals surface area (Å²) in [5, 5.41) is 0.112. The van der Waals surface area contributed by atoms with E-state index in [4.69, 9.17) is 32.7 Å². The van der Waals surface area contributed by atoms with Gasteiger partial charge in [-0.3, -0.25) is 0 Å². The Morgan fingerprint density at radius 1 is 0.950 bits per heavy atom. The molecule has 0 saturated carbocycles. The summed E-state index contributed by atoms with van der Waals surface area (Å²) in [4.78, 5) is 0. The van der Waals surface area contributed by atoms with Gasteiger partial charge in [-0.1, -0.05) is 35.9 Å². The molecule has 0 bridgehead atoms. The SMILES string of the molecule is COc1ccc(C(Cl)c2ccccc2C)c(OC)c1Cl. The Morgan fingerprint density at radius 3 is 2.25 bits per heavy atom. The fourth-order valence-corrected chi connectivity index (χ4v) is 2.90. The summed E-state index contributed by atoms with van der Waals surface area (Å²) >= 11 is 12.9. The molecule has 1 atom stereocenters. The summed E-state index contributed by atoms with van der Waals surface area (Å²) in [5.41, 5.74) is 2.99. The van der Waals surface area contributed by atoms with Crippen LogP contribution in [0.5, 0.6) is 11.5 Å².